The molecule has 16 heavy (non-hydrogen) atoms. The van der Waals surface area contributed by atoms with E-state index in [-0.39, 0.29) is 24.6 Å². The van der Waals surface area contributed by atoms with Gasteiger partial charge < -0.3 is 5.11 Å². The molecule has 0 saturated carbocycles. The summed E-state index contributed by atoms with van der Waals surface area (Å²) >= 11 is 0. The fraction of sp³-hybridized carbons (Fsp3) is 0.571. The summed E-state index contributed by atoms with van der Waals surface area (Å²) in [4.78, 5) is 0. The van der Waals surface area contributed by atoms with Crippen LogP contribution in [-0.2, 0) is 6.42 Å². The molecule has 1 aromatic carbocycles. The molecule has 0 radical (unpaired) electrons. The Kier molecular flexibility index (Phi) is 9.58. The van der Waals surface area contributed by atoms with Crippen LogP contribution in [0.15, 0.2) is 24.3 Å². The van der Waals surface area contributed by atoms with Crippen molar-refractivity contribution in [2.75, 3.05) is 0 Å². The molecule has 0 N–H and O–H groups in total. The first-order valence-electron chi connectivity index (χ1n) is 6.09. The van der Waals surface area contributed by atoms with Crippen molar-refractivity contribution in [3.63, 3.8) is 0 Å². The molecule has 0 aliphatic rings. The molecule has 0 atom stereocenters. The second-order valence-electron chi connectivity index (χ2n) is 4.13. The van der Waals surface area contributed by atoms with E-state index in [1.54, 1.807) is 6.07 Å². The molecule has 1 aromatic rings. The van der Waals surface area contributed by atoms with Gasteiger partial charge in [-0.1, -0.05) is 68.9 Å². The van der Waals surface area contributed by atoms with E-state index in [0.29, 0.717) is 0 Å². The summed E-state index contributed by atoms with van der Waals surface area (Å²) in [7, 11) is 0. The molecule has 0 spiro atoms. The van der Waals surface area contributed by atoms with E-state index < -0.39 is 0 Å². The van der Waals surface area contributed by atoms with Crippen LogP contribution in [0.3, 0.4) is 0 Å². The molecule has 0 unspecified atom stereocenters. The molecular weight excluding hydrogens is 191 g/mol. The van der Waals surface area contributed by atoms with Gasteiger partial charge in [0.1, 0.15) is 0 Å². The van der Waals surface area contributed by atoms with Gasteiger partial charge in [0.25, 0.3) is 0 Å². The minimum Gasteiger partial charge on any atom is -0.872 e. The van der Waals surface area contributed by atoms with E-state index in [4.69, 9.17) is 0 Å². The largest absolute Gasteiger partial charge is 1.00 e. The number of hydrogen-bond donors (Lipinski definition) is 0. The molecule has 0 aliphatic heterocycles. The standard InChI is InChI=1S/C14H22O.Li/c1-2-3-4-5-6-7-10-13-11-8-9-12-14(13)15;/h8-9,11-12,15H,2-7,10H2,1H3;/q;+1/p-1. The Labute approximate surface area is 111 Å². The fourth-order valence-corrected chi connectivity index (χ4v) is 1.81. The van der Waals surface area contributed by atoms with E-state index in [0.717, 1.165) is 18.4 Å². The zero-order valence-electron chi connectivity index (χ0n) is 10.7. The Balaban J connectivity index is 0.00000225. The van der Waals surface area contributed by atoms with Gasteiger partial charge in [-0.05, 0) is 12.8 Å². The maximum Gasteiger partial charge on any atom is 1.00 e. The van der Waals surface area contributed by atoms with Crippen molar-refractivity contribution in [3.05, 3.63) is 29.8 Å². The van der Waals surface area contributed by atoms with Gasteiger partial charge in [-0.3, -0.25) is 0 Å². The van der Waals surface area contributed by atoms with E-state index >= 15 is 0 Å². The molecule has 0 aromatic heterocycles. The van der Waals surface area contributed by atoms with Crippen LogP contribution in [0.2, 0.25) is 0 Å². The Bertz CT molecular complexity index is 273. The minimum absolute atomic E-state index is 0. The van der Waals surface area contributed by atoms with Crippen LogP contribution in [-0.4, -0.2) is 0 Å². The number of unbranched alkanes of at least 4 members (excludes halogenated alkanes) is 5. The number of rotatable bonds is 7. The first kappa shape index (κ1) is 15.6. The third-order valence-electron chi connectivity index (χ3n) is 2.77. The first-order valence-corrected chi connectivity index (χ1v) is 6.09. The van der Waals surface area contributed by atoms with Crippen LogP contribution in [0.5, 0.6) is 5.75 Å². The molecule has 0 aliphatic carbocycles. The SMILES string of the molecule is CCCCCCCCc1ccccc1[O-].[Li+]. The number of aryl methyl sites for hydroxylation is 1. The Morgan fingerprint density at radius 2 is 1.56 bits per heavy atom. The molecule has 0 amide bonds. The summed E-state index contributed by atoms with van der Waals surface area (Å²) in [6.45, 7) is 2.23. The molecule has 2 heteroatoms. The average molecular weight is 212 g/mol. The van der Waals surface area contributed by atoms with Gasteiger partial charge in [-0.15, -0.1) is 5.75 Å². The zero-order chi connectivity index (χ0) is 10.9. The summed E-state index contributed by atoms with van der Waals surface area (Å²) in [5, 5.41) is 11.4. The van der Waals surface area contributed by atoms with Crippen LogP contribution < -0.4 is 24.0 Å². The zero-order valence-corrected chi connectivity index (χ0v) is 10.7. The van der Waals surface area contributed by atoms with Gasteiger partial charge >= 0.3 is 18.9 Å². The quantitative estimate of drug-likeness (QED) is 0.481. The third kappa shape index (κ3) is 6.25. The molecule has 0 saturated heterocycles. The molecule has 1 rings (SSSR count). The fourth-order valence-electron chi connectivity index (χ4n) is 1.81. The van der Waals surface area contributed by atoms with Crippen LogP contribution in [0.1, 0.15) is 51.0 Å². The summed E-state index contributed by atoms with van der Waals surface area (Å²) in [5.74, 6) is 0.200. The van der Waals surface area contributed by atoms with Crippen molar-refractivity contribution in [2.24, 2.45) is 0 Å². The Morgan fingerprint density at radius 1 is 0.938 bits per heavy atom. The normalized spacial score (nSPS) is 9.81. The van der Waals surface area contributed by atoms with Crippen molar-refractivity contribution in [2.45, 2.75) is 51.9 Å². The van der Waals surface area contributed by atoms with Crippen LogP contribution in [0, 0.1) is 0 Å². The van der Waals surface area contributed by atoms with Gasteiger partial charge in [0.2, 0.25) is 0 Å². The molecule has 84 valence electrons. The Morgan fingerprint density at radius 3 is 2.25 bits per heavy atom. The second-order valence-corrected chi connectivity index (χ2v) is 4.13. The van der Waals surface area contributed by atoms with Crippen molar-refractivity contribution in [1.82, 2.24) is 0 Å². The summed E-state index contributed by atoms with van der Waals surface area (Å²) in [5.41, 5.74) is 0.980. The summed E-state index contributed by atoms with van der Waals surface area (Å²) in [6, 6.07) is 7.38. The first-order chi connectivity index (χ1) is 7.34. The summed E-state index contributed by atoms with van der Waals surface area (Å²) in [6.07, 6.45) is 8.66. The molecule has 0 bridgehead atoms. The average Bonchev–Trinajstić information content (AvgIpc) is 2.25. The molecule has 0 fully saturated rings. The topological polar surface area (TPSA) is 23.1 Å². The van der Waals surface area contributed by atoms with Crippen LogP contribution in [0.4, 0.5) is 0 Å². The summed E-state index contributed by atoms with van der Waals surface area (Å²) < 4.78 is 0. The number of benzene rings is 1. The van der Waals surface area contributed by atoms with E-state index in [1.807, 2.05) is 18.2 Å². The van der Waals surface area contributed by atoms with Gasteiger partial charge in [-0.2, -0.15) is 0 Å². The minimum atomic E-state index is 0. The van der Waals surface area contributed by atoms with Gasteiger partial charge in [0.05, 0.1) is 0 Å². The maximum absolute atomic E-state index is 11.4. The predicted molar refractivity (Wildman–Crippen MR) is 63.0 cm³/mol. The number of para-hydroxylation sites is 1. The van der Waals surface area contributed by atoms with Gasteiger partial charge in [0.15, 0.2) is 0 Å². The van der Waals surface area contributed by atoms with Gasteiger partial charge in [-0.25, -0.2) is 0 Å². The van der Waals surface area contributed by atoms with E-state index in [9.17, 15) is 5.11 Å². The monoisotopic (exact) mass is 212 g/mol. The van der Waals surface area contributed by atoms with Gasteiger partial charge in [0, 0.05) is 0 Å². The third-order valence-corrected chi connectivity index (χ3v) is 2.77. The van der Waals surface area contributed by atoms with E-state index in [1.165, 1.54) is 32.1 Å². The van der Waals surface area contributed by atoms with E-state index in [2.05, 4.69) is 6.92 Å². The van der Waals surface area contributed by atoms with Crippen LogP contribution in [0.25, 0.3) is 0 Å². The van der Waals surface area contributed by atoms with Crippen molar-refractivity contribution >= 4 is 0 Å². The van der Waals surface area contributed by atoms with Crippen molar-refractivity contribution < 1.29 is 24.0 Å². The predicted octanol–water partition coefficient (Wildman–Crippen LogP) is 0.667. The van der Waals surface area contributed by atoms with Crippen molar-refractivity contribution in [3.8, 4) is 5.75 Å². The smallest absolute Gasteiger partial charge is 0.872 e. The van der Waals surface area contributed by atoms with Crippen molar-refractivity contribution in [1.29, 1.82) is 0 Å². The molecule has 1 nitrogen and oxygen atoms in total. The Hall–Kier alpha value is -0.383. The maximum atomic E-state index is 11.4. The number of hydrogen-bond acceptors (Lipinski definition) is 1. The molecule has 0 heterocycles. The molecular formula is C14H21LiO. The second kappa shape index (κ2) is 9.82. The van der Waals surface area contributed by atoms with Crippen LogP contribution >= 0.6 is 0 Å².